The fourth-order valence-corrected chi connectivity index (χ4v) is 4.71. The molecule has 0 aliphatic heterocycles. The van der Waals surface area contributed by atoms with Gasteiger partial charge in [-0.05, 0) is 37.0 Å². The summed E-state index contributed by atoms with van der Waals surface area (Å²) in [7, 11) is 0. The molecule has 0 aromatic heterocycles. The van der Waals surface area contributed by atoms with E-state index in [0.717, 1.165) is 25.2 Å². The number of unbranched alkanes of at least 4 members (excludes halogenated alkanes) is 15. The van der Waals surface area contributed by atoms with Crippen molar-refractivity contribution in [2.45, 2.75) is 129 Å². The van der Waals surface area contributed by atoms with Gasteiger partial charge in [-0.2, -0.15) is 0 Å². The van der Waals surface area contributed by atoms with Gasteiger partial charge in [0.1, 0.15) is 12.4 Å². The average Bonchev–Trinajstić information content (AvgIpc) is 2.98. The van der Waals surface area contributed by atoms with Gasteiger partial charge in [-0.25, -0.2) is 0 Å². The topological polar surface area (TPSA) is 46.2 Å². The maximum absolute atomic E-state index is 5.79. The van der Waals surface area contributed by atoms with Gasteiger partial charge in [0.2, 0.25) is 0 Å². The van der Waals surface area contributed by atoms with Gasteiger partial charge in [-0.15, -0.1) is 0 Å². The van der Waals surface area contributed by atoms with Crippen molar-refractivity contribution < 1.29 is 23.7 Å². The van der Waals surface area contributed by atoms with Crippen LogP contribution in [0.5, 0.6) is 5.75 Å². The third-order valence-electron chi connectivity index (χ3n) is 7.25. The molecule has 0 spiro atoms. The van der Waals surface area contributed by atoms with Crippen LogP contribution < -0.4 is 4.74 Å². The van der Waals surface area contributed by atoms with E-state index in [9.17, 15) is 0 Å². The van der Waals surface area contributed by atoms with Crippen LogP contribution in [0.1, 0.15) is 129 Å². The number of hydrogen-bond donors (Lipinski definition) is 0. The number of benzene rings is 1. The van der Waals surface area contributed by atoms with E-state index in [4.69, 9.17) is 23.7 Å². The number of rotatable bonds is 32. The van der Waals surface area contributed by atoms with Gasteiger partial charge in [-0.3, -0.25) is 0 Å². The van der Waals surface area contributed by atoms with Crippen LogP contribution in [0.15, 0.2) is 24.3 Å². The summed E-state index contributed by atoms with van der Waals surface area (Å²) in [5, 5.41) is 0. The highest BCUT2D eigenvalue weighted by molar-refractivity contribution is 5.27. The molecule has 0 aliphatic rings. The molecule has 0 bridgehead atoms. The molecule has 5 nitrogen and oxygen atoms in total. The van der Waals surface area contributed by atoms with Gasteiger partial charge < -0.3 is 23.7 Å². The lowest BCUT2D eigenvalue weighted by atomic mass is 10.0. The second-order valence-corrected chi connectivity index (χ2v) is 11.0. The van der Waals surface area contributed by atoms with Crippen molar-refractivity contribution in [3.05, 3.63) is 29.8 Å². The van der Waals surface area contributed by atoms with Crippen LogP contribution in [0.2, 0.25) is 0 Å². The van der Waals surface area contributed by atoms with Crippen LogP contribution in [0.25, 0.3) is 0 Å². The van der Waals surface area contributed by atoms with Crippen LogP contribution in [0.3, 0.4) is 0 Å². The van der Waals surface area contributed by atoms with Gasteiger partial charge in [0, 0.05) is 6.61 Å². The third kappa shape index (κ3) is 25.8. The van der Waals surface area contributed by atoms with Crippen LogP contribution in [-0.2, 0) is 25.4 Å². The SMILES string of the molecule is CCCCCCCCCCCCOCCOCCOCCOCCOc1ccc(CCCCCCCCC)cc1. The maximum atomic E-state index is 5.79. The smallest absolute Gasteiger partial charge is 0.119 e. The highest BCUT2D eigenvalue weighted by Gasteiger charge is 1.99. The second kappa shape index (κ2) is 30.8. The molecule has 0 heterocycles. The summed E-state index contributed by atoms with van der Waals surface area (Å²) in [6, 6.07) is 8.52. The largest absolute Gasteiger partial charge is 0.491 e. The van der Waals surface area contributed by atoms with Crippen molar-refractivity contribution in [3.8, 4) is 5.75 Å². The molecule has 1 rings (SSSR count). The van der Waals surface area contributed by atoms with E-state index in [1.165, 1.54) is 108 Å². The highest BCUT2D eigenvalue weighted by atomic mass is 16.6. The standard InChI is InChI=1S/C35H64O5/c1-3-5-7-9-11-12-13-15-17-19-25-36-26-27-37-28-29-38-30-31-39-32-33-40-35-23-21-34(22-24-35)20-18-16-14-10-8-6-4-2/h21-24H,3-20,25-33H2,1-2H3. The van der Waals surface area contributed by atoms with E-state index >= 15 is 0 Å². The summed E-state index contributed by atoms with van der Waals surface area (Å²) in [6.45, 7) is 10.1. The summed E-state index contributed by atoms with van der Waals surface area (Å²) in [4.78, 5) is 0. The number of ether oxygens (including phenoxy) is 5. The molecule has 234 valence electrons. The fraction of sp³-hybridized carbons (Fsp3) is 0.829. The van der Waals surface area contributed by atoms with E-state index in [1.54, 1.807) is 0 Å². The normalized spacial score (nSPS) is 11.3. The molecule has 0 fully saturated rings. The van der Waals surface area contributed by atoms with Gasteiger partial charge in [0.25, 0.3) is 0 Å². The predicted molar refractivity (Wildman–Crippen MR) is 169 cm³/mol. The molecule has 40 heavy (non-hydrogen) atoms. The average molecular weight is 565 g/mol. The third-order valence-corrected chi connectivity index (χ3v) is 7.25. The van der Waals surface area contributed by atoms with E-state index < -0.39 is 0 Å². The van der Waals surface area contributed by atoms with Crippen LogP contribution in [0.4, 0.5) is 0 Å². The van der Waals surface area contributed by atoms with Crippen molar-refractivity contribution in [1.29, 1.82) is 0 Å². The molecule has 0 radical (unpaired) electrons. The lowest BCUT2D eigenvalue weighted by molar-refractivity contribution is -0.00487. The first kappa shape index (κ1) is 36.9. The first-order chi connectivity index (χ1) is 19.9. The Labute approximate surface area is 248 Å². The zero-order valence-corrected chi connectivity index (χ0v) is 26.4. The Balaban J connectivity index is 1.76. The van der Waals surface area contributed by atoms with Crippen molar-refractivity contribution in [3.63, 3.8) is 0 Å². The van der Waals surface area contributed by atoms with Crippen molar-refractivity contribution in [2.75, 3.05) is 59.5 Å². The van der Waals surface area contributed by atoms with Crippen LogP contribution in [0, 0.1) is 0 Å². The van der Waals surface area contributed by atoms with E-state index in [2.05, 4.69) is 38.1 Å². The lowest BCUT2D eigenvalue weighted by Crippen LogP contribution is -2.13. The van der Waals surface area contributed by atoms with Gasteiger partial charge >= 0.3 is 0 Å². The molecule has 1 aromatic carbocycles. The fourth-order valence-electron chi connectivity index (χ4n) is 4.71. The zero-order chi connectivity index (χ0) is 28.6. The zero-order valence-electron chi connectivity index (χ0n) is 26.4. The molecular formula is C35H64O5. The highest BCUT2D eigenvalue weighted by Crippen LogP contribution is 2.15. The quantitative estimate of drug-likeness (QED) is 0.0816. The molecule has 0 aliphatic carbocycles. The lowest BCUT2D eigenvalue weighted by Gasteiger charge is -2.09. The molecule has 0 unspecified atom stereocenters. The summed E-state index contributed by atoms with van der Waals surface area (Å²) >= 11 is 0. The Hall–Kier alpha value is -1.14. The Morgan fingerprint density at radius 3 is 1.23 bits per heavy atom. The minimum absolute atomic E-state index is 0.555. The Kier molecular flexibility index (Phi) is 28.4. The van der Waals surface area contributed by atoms with E-state index in [1.807, 2.05) is 0 Å². The molecular weight excluding hydrogens is 500 g/mol. The number of hydrogen-bond acceptors (Lipinski definition) is 5. The first-order valence-electron chi connectivity index (χ1n) is 16.9. The van der Waals surface area contributed by atoms with Crippen molar-refractivity contribution in [2.24, 2.45) is 0 Å². The maximum Gasteiger partial charge on any atom is 0.119 e. The molecule has 5 heteroatoms. The van der Waals surface area contributed by atoms with Crippen molar-refractivity contribution >= 4 is 0 Å². The molecule has 1 aromatic rings. The van der Waals surface area contributed by atoms with E-state index in [-0.39, 0.29) is 0 Å². The van der Waals surface area contributed by atoms with Gasteiger partial charge in [0.05, 0.1) is 46.2 Å². The van der Waals surface area contributed by atoms with E-state index in [0.29, 0.717) is 52.9 Å². The minimum Gasteiger partial charge on any atom is -0.491 e. The first-order valence-corrected chi connectivity index (χ1v) is 16.9. The van der Waals surface area contributed by atoms with Crippen LogP contribution >= 0.6 is 0 Å². The Morgan fingerprint density at radius 1 is 0.375 bits per heavy atom. The summed E-state index contributed by atoms with van der Waals surface area (Å²) in [5.41, 5.74) is 1.40. The molecule has 0 amide bonds. The Bertz CT molecular complexity index is 606. The number of aryl methyl sites for hydroxylation is 1. The van der Waals surface area contributed by atoms with Gasteiger partial charge in [0.15, 0.2) is 0 Å². The second-order valence-electron chi connectivity index (χ2n) is 11.0. The van der Waals surface area contributed by atoms with Crippen molar-refractivity contribution in [1.82, 2.24) is 0 Å². The van der Waals surface area contributed by atoms with Gasteiger partial charge in [-0.1, -0.05) is 122 Å². The monoisotopic (exact) mass is 564 g/mol. The molecule has 0 atom stereocenters. The minimum atomic E-state index is 0.555. The molecule has 0 saturated carbocycles. The summed E-state index contributed by atoms with van der Waals surface area (Å²) in [5.74, 6) is 0.910. The molecule has 0 N–H and O–H groups in total. The summed E-state index contributed by atoms with van der Waals surface area (Å²) < 4.78 is 28.2. The Morgan fingerprint density at radius 2 is 0.750 bits per heavy atom. The predicted octanol–water partition coefficient (Wildman–Crippen LogP) is 9.35. The van der Waals surface area contributed by atoms with Crippen LogP contribution in [-0.4, -0.2) is 59.5 Å². The summed E-state index contributed by atoms with van der Waals surface area (Å²) in [6.07, 6.45) is 24.2. The molecule has 0 saturated heterocycles.